The Kier molecular flexibility index (Phi) is 5.45. The van der Waals surface area contributed by atoms with Gasteiger partial charge >= 0.3 is 0 Å². The number of likely N-dealkylation sites (N-methyl/N-ethyl adjacent to an activating group) is 2. The molecule has 1 aliphatic heterocycles. The Labute approximate surface area is 88.5 Å². The van der Waals surface area contributed by atoms with Gasteiger partial charge in [0.15, 0.2) is 0 Å². The first-order valence-corrected chi connectivity index (χ1v) is 5.72. The predicted octanol–water partition coefficient (Wildman–Crippen LogP) is 0.479. The van der Waals surface area contributed by atoms with Crippen LogP contribution in [0.25, 0.3) is 0 Å². The van der Waals surface area contributed by atoms with Crippen molar-refractivity contribution in [2.24, 2.45) is 5.92 Å². The molecule has 1 heterocycles. The van der Waals surface area contributed by atoms with Crippen molar-refractivity contribution in [3.05, 3.63) is 0 Å². The van der Waals surface area contributed by atoms with Crippen molar-refractivity contribution in [1.82, 2.24) is 15.1 Å². The van der Waals surface area contributed by atoms with Gasteiger partial charge in [0.1, 0.15) is 0 Å². The lowest BCUT2D eigenvalue weighted by atomic mass is 9.99. The van der Waals surface area contributed by atoms with Crippen LogP contribution in [0.4, 0.5) is 0 Å². The maximum atomic E-state index is 3.47. The Balaban J connectivity index is 2.09. The number of piperidine rings is 1. The SMILES string of the molecule is CN(C)CCN(C)CC1CCCNC1. The number of nitrogens with zero attached hydrogens (tertiary/aromatic N) is 2. The Morgan fingerprint density at radius 1 is 1.21 bits per heavy atom. The first kappa shape index (κ1) is 12.0. The van der Waals surface area contributed by atoms with Crippen LogP contribution < -0.4 is 5.32 Å². The van der Waals surface area contributed by atoms with Crippen molar-refractivity contribution < 1.29 is 0 Å². The zero-order valence-corrected chi connectivity index (χ0v) is 9.92. The summed E-state index contributed by atoms with van der Waals surface area (Å²) in [7, 11) is 6.50. The average molecular weight is 199 g/mol. The lowest BCUT2D eigenvalue weighted by Gasteiger charge is -2.28. The minimum Gasteiger partial charge on any atom is -0.316 e. The van der Waals surface area contributed by atoms with E-state index >= 15 is 0 Å². The maximum absolute atomic E-state index is 3.47. The Morgan fingerprint density at radius 3 is 2.57 bits per heavy atom. The van der Waals surface area contributed by atoms with E-state index in [1.165, 1.54) is 39.0 Å². The van der Waals surface area contributed by atoms with E-state index in [-0.39, 0.29) is 0 Å². The van der Waals surface area contributed by atoms with Crippen LogP contribution in [0.2, 0.25) is 0 Å². The summed E-state index contributed by atoms with van der Waals surface area (Å²) in [6.45, 7) is 6.03. The van der Waals surface area contributed by atoms with E-state index in [2.05, 4.69) is 36.3 Å². The molecule has 0 saturated carbocycles. The van der Waals surface area contributed by atoms with Crippen LogP contribution in [0.3, 0.4) is 0 Å². The van der Waals surface area contributed by atoms with E-state index in [1.54, 1.807) is 0 Å². The van der Waals surface area contributed by atoms with Crippen LogP contribution >= 0.6 is 0 Å². The molecule has 0 radical (unpaired) electrons. The van der Waals surface area contributed by atoms with Crippen molar-refractivity contribution in [2.45, 2.75) is 12.8 Å². The number of rotatable bonds is 5. The lowest BCUT2D eigenvalue weighted by molar-refractivity contribution is 0.224. The van der Waals surface area contributed by atoms with Crippen LogP contribution in [0, 0.1) is 5.92 Å². The summed E-state index contributed by atoms with van der Waals surface area (Å²) in [6, 6.07) is 0. The van der Waals surface area contributed by atoms with E-state index in [0.29, 0.717) is 0 Å². The quantitative estimate of drug-likeness (QED) is 0.695. The second-order valence-corrected chi connectivity index (χ2v) is 4.78. The summed E-state index contributed by atoms with van der Waals surface area (Å²) in [6.07, 6.45) is 2.76. The van der Waals surface area contributed by atoms with Crippen molar-refractivity contribution in [3.63, 3.8) is 0 Å². The molecule has 0 amide bonds. The molecular formula is C11H25N3. The van der Waals surface area contributed by atoms with Crippen molar-refractivity contribution in [1.29, 1.82) is 0 Å². The summed E-state index contributed by atoms with van der Waals surface area (Å²) in [5, 5.41) is 3.47. The zero-order chi connectivity index (χ0) is 10.4. The standard InChI is InChI=1S/C11H25N3/c1-13(2)7-8-14(3)10-11-5-4-6-12-9-11/h11-12H,4-10H2,1-3H3. The molecule has 1 N–H and O–H groups in total. The number of hydrogen-bond donors (Lipinski definition) is 1. The zero-order valence-electron chi connectivity index (χ0n) is 9.92. The molecule has 1 unspecified atom stereocenters. The van der Waals surface area contributed by atoms with Crippen molar-refractivity contribution in [3.8, 4) is 0 Å². The van der Waals surface area contributed by atoms with Gasteiger partial charge in [0, 0.05) is 19.6 Å². The van der Waals surface area contributed by atoms with Gasteiger partial charge in [-0.15, -0.1) is 0 Å². The van der Waals surface area contributed by atoms with Crippen LogP contribution in [0.5, 0.6) is 0 Å². The van der Waals surface area contributed by atoms with Gasteiger partial charge < -0.3 is 15.1 Å². The van der Waals surface area contributed by atoms with Gasteiger partial charge in [-0.1, -0.05) is 0 Å². The summed E-state index contributed by atoms with van der Waals surface area (Å²) in [5.41, 5.74) is 0. The first-order chi connectivity index (χ1) is 6.68. The topological polar surface area (TPSA) is 18.5 Å². The van der Waals surface area contributed by atoms with Crippen molar-refractivity contribution in [2.75, 3.05) is 53.9 Å². The minimum absolute atomic E-state index is 0.871. The van der Waals surface area contributed by atoms with Gasteiger partial charge in [0.25, 0.3) is 0 Å². The van der Waals surface area contributed by atoms with Crippen LogP contribution in [-0.2, 0) is 0 Å². The van der Waals surface area contributed by atoms with E-state index in [4.69, 9.17) is 0 Å². The van der Waals surface area contributed by atoms with Gasteiger partial charge in [-0.05, 0) is 53.0 Å². The number of hydrogen-bond acceptors (Lipinski definition) is 3. The van der Waals surface area contributed by atoms with Crippen LogP contribution in [-0.4, -0.2) is 63.7 Å². The van der Waals surface area contributed by atoms with Gasteiger partial charge in [-0.3, -0.25) is 0 Å². The van der Waals surface area contributed by atoms with E-state index in [9.17, 15) is 0 Å². The van der Waals surface area contributed by atoms with Gasteiger partial charge in [-0.25, -0.2) is 0 Å². The van der Waals surface area contributed by atoms with Gasteiger partial charge in [0.2, 0.25) is 0 Å². The average Bonchev–Trinajstić information content (AvgIpc) is 2.16. The fraction of sp³-hybridized carbons (Fsp3) is 1.00. The second kappa shape index (κ2) is 6.38. The van der Waals surface area contributed by atoms with E-state index in [0.717, 1.165) is 12.5 Å². The predicted molar refractivity (Wildman–Crippen MR) is 61.6 cm³/mol. The molecule has 1 atom stereocenters. The highest BCUT2D eigenvalue weighted by atomic mass is 15.1. The molecule has 3 heteroatoms. The third kappa shape index (κ3) is 4.94. The summed E-state index contributed by atoms with van der Waals surface area (Å²) in [5.74, 6) is 0.871. The maximum Gasteiger partial charge on any atom is 0.0106 e. The second-order valence-electron chi connectivity index (χ2n) is 4.78. The highest BCUT2D eigenvalue weighted by molar-refractivity contribution is 4.71. The third-order valence-corrected chi connectivity index (χ3v) is 2.90. The van der Waals surface area contributed by atoms with E-state index in [1.807, 2.05) is 0 Å². The molecule has 0 aromatic rings. The molecule has 3 nitrogen and oxygen atoms in total. The summed E-state index contributed by atoms with van der Waals surface area (Å²) >= 11 is 0. The molecule has 0 spiro atoms. The molecule has 0 aromatic heterocycles. The Morgan fingerprint density at radius 2 is 2.00 bits per heavy atom. The largest absolute Gasteiger partial charge is 0.316 e. The summed E-state index contributed by atoms with van der Waals surface area (Å²) < 4.78 is 0. The fourth-order valence-electron chi connectivity index (χ4n) is 1.98. The molecule has 14 heavy (non-hydrogen) atoms. The monoisotopic (exact) mass is 199 g/mol. The van der Waals surface area contributed by atoms with Crippen LogP contribution in [0.1, 0.15) is 12.8 Å². The Hall–Kier alpha value is -0.120. The smallest absolute Gasteiger partial charge is 0.0106 e. The van der Waals surface area contributed by atoms with Crippen molar-refractivity contribution >= 4 is 0 Å². The lowest BCUT2D eigenvalue weighted by Crippen LogP contribution is -2.38. The molecule has 1 aliphatic rings. The molecule has 84 valence electrons. The highest BCUT2D eigenvalue weighted by Crippen LogP contribution is 2.10. The molecule has 1 fully saturated rings. The van der Waals surface area contributed by atoms with Gasteiger partial charge in [0.05, 0.1) is 0 Å². The molecule has 1 saturated heterocycles. The van der Waals surface area contributed by atoms with E-state index < -0.39 is 0 Å². The molecule has 0 bridgehead atoms. The molecule has 1 rings (SSSR count). The molecular weight excluding hydrogens is 174 g/mol. The fourth-order valence-corrected chi connectivity index (χ4v) is 1.98. The minimum atomic E-state index is 0.871. The van der Waals surface area contributed by atoms with Gasteiger partial charge in [-0.2, -0.15) is 0 Å². The molecule has 0 aromatic carbocycles. The third-order valence-electron chi connectivity index (χ3n) is 2.90. The summed E-state index contributed by atoms with van der Waals surface area (Å²) in [4.78, 5) is 4.70. The first-order valence-electron chi connectivity index (χ1n) is 5.72. The highest BCUT2D eigenvalue weighted by Gasteiger charge is 2.14. The van der Waals surface area contributed by atoms with Crippen LogP contribution in [0.15, 0.2) is 0 Å². The Bertz CT molecular complexity index is 141. The number of nitrogens with one attached hydrogen (secondary N) is 1. The normalized spacial score (nSPS) is 23.4. The molecule has 0 aliphatic carbocycles.